The van der Waals surface area contributed by atoms with Gasteiger partial charge in [-0.1, -0.05) is 32.9 Å². The van der Waals surface area contributed by atoms with Crippen LogP contribution in [0.25, 0.3) is 0 Å². The first-order valence-corrected chi connectivity index (χ1v) is 10.0. The average molecular weight is 388 g/mol. The number of ketones is 2. The third-order valence-electron chi connectivity index (χ3n) is 7.90. The minimum absolute atomic E-state index is 0.100. The van der Waals surface area contributed by atoms with E-state index in [-0.39, 0.29) is 28.8 Å². The number of ether oxygens (including phenoxy) is 1. The molecule has 0 aromatic heterocycles. The lowest BCUT2D eigenvalue weighted by molar-refractivity contribution is -0.160. The predicted molar refractivity (Wildman–Crippen MR) is 100.0 cm³/mol. The lowest BCUT2D eigenvalue weighted by Crippen LogP contribution is -2.61. The molecule has 0 aliphatic heterocycles. The molecule has 6 heteroatoms. The zero-order valence-electron chi connectivity index (χ0n) is 16.8. The number of hydrogen-bond donors (Lipinski definition) is 2. The minimum atomic E-state index is -1.38. The Labute approximate surface area is 164 Å². The molecule has 0 aromatic carbocycles. The lowest BCUT2D eigenvalue weighted by atomic mass is 9.50. The maximum absolute atomic E-state index is 13.5. The molecule has 2 fully saturated rings. The molecule has 0 unspecified atom stereocenters. The lowest BCUT2D eigenvalue weighted by Gasteiger charge is -2.55. The minimum Gasteiger partial charge on any atom is -0.455 e. The summed E-state index contributed by atoms with van der Waals surface area (Å²) in [4.78, 5) is 38.7. The van der Waals surface area contributed by atoms with Crippen molar-refractivity contribution in [1.82, 2.24) is 0 Å². The fourth-order valence-electron chi connectivity index (χ4n) is 6.10. The molecule has 4 aliphatic rings. The van der Waals surface area contributed by atoms with Crippen LogP contribution in [-0.4, -0.2) is 46.1 Å². The third-order valence-corrected chi connectivity index (χ3v) is 7.90. The van der Waals surface area contributed by atoms with E-state index in [1.165, 1.54) is 6.92 Å². The second kappa shape index (κ2) is 5.86. The molecular formula is C22H28O6. The van der Waals surface area contributed by atoms with Gasteiger partial charge in [-0.25, -0.2) is 0 Å². The Morgan fingerprint density at radius 3 is 2.39 bits per heavy atom. The summed E-state index contributed by atoms with van der Waals surface area (Å²) >= 11 is 0. The Balaban J connectivity index is 1.97. The maximum atomic E-state index is 13.5. The van der Waals surface area contributed by atoms with Gasteiger partial charge in [0.15, 0.2) is 17.7 Å². The number of fused-ring (bicyclic) bond motifs is 2. The van der Waals surface area contributed by atoms with Crippen molar-refractivity contribution in [3.63, 3.8) is 0 Å². The second-order valence-electron chi connectivity index (χ2n) is 9.46. The average Bonchev–Trinajstić information content (AvgIpc) is 3.29. The van der Waals surface area contributed by atoms with Crippen molar-refractivity contribution in [3.8, 4) is 0 Å². The summed E-state index contributed by atoms with van der Waals surface area (Å²) in [5, 5.41) is 22.0. The summed E-state index contributed by atoms with van der Waals surface area (Å²) < 4.78 is 5.42. The number of carbonyl (C=O) groups is 3. The molecular weight excluding hydrogens is 360 g/mol. The van der Waals surface area contributed by atoms with Crippen LogP contribution in [0.1, 0.15) is 47.0 Å². The Morgan fingerprint density at radius 2 is 1.86 bits per heavy atom. The summed E-state index contributed by atoms with van der Waals surface area (Å²) in [7, 11) is 0. The van der Waals surface area contributed by atoms with E-state index in [1.807, 2.05) is 20.8 Å². The van der Waals surface area contributed by atoms with Gasteiger partial charge in [-0.15, -0.1) is 0 Å². The zero-order valence-corrected chi connectivity index (χ0v) is 16.8. The van der Waals surface area contributed by atoms with E-state index in [4.69, 9.17) is 4.74 Å². The molecule has 2 N–H and O–H groups in total. The normalized spacial score (nSPS) is 47.7. The van der Waals surface area contributed by atoms with Crippen LogP contribution in [0.15, 0.2) is 23.3 Å². The number of Topliss-reactive ketones (excluding diaryl/α,β-unsaturated/α-hetero) is 2. The van der Waals surface area contributed by atoms with E-state index < -0.39 is 46.8 Å². The van der Waals surface area contributed by atoms with Crippen molar-refractivity contribution < 1.29 is 29.3 Å². The topological polar surface area (TPSA) is 101 Å². The summed E-state index contributed by atoms with van der Waals surface area (Å²) in [6.45, 7) is 11.1. The van der Waals surface area contributed by atoms with Crippen molar-refractivity contribution in [3.05, 3.63) is 23.3 Å². The van der Waals surface area contributed by atoms with Gasteiger partial charge in [-0.3, -0.25) is 14.4 Å². The molecule has 0 aromatic rings. The summed E-state index contributed by atoms with van der Waals surface area (Å²) in [5.74, 6) is -1.95. The number of esters is 1. The van der Waals surface area contributed by atoms with E-state index >= 15 is 0 Å². The molecule has 152 valence electrons. The van der Waals surface area contributed by atoms with Gasteiger partial charge in [-0.05, 0) is 31.1 Å². The van der Waals surface area contributed by atoms with Crippen LogP contribution in [-0.2, 0) is 19.1 Å². The molecule has 4 aliphatic carbocycles. The van der Waals surface area contributed by atoms with Crippen LogP contribution < -0.4 is 0 Å². The fourth-order valence-corrected chi connectivity index (χ4v) is 6.10. The molecule has 0 bridgehead atoms. The summed E-state index contributed by atoms with van der Waals surface area (Å²) in [6.07, 6.45) is -1.96. The zero-order chi connectivity index (χ0) is 20.8. The van der Waals surface area contributed by atoms with Crippen LogP contribution in [0.4, 0.5) is 0 Å². The molecule has 0 heterocycles. The second-order valence-corrected chi connectivity index (χ2v) is 9.46. The first kappa shape index (κ1) is 19.5. The quantitative estimate of drug-likeness (QED) is 0.524. The van der Waals surface area contributed by atoms with Gasteiger partial charge in [0.25, 0.3) is 0 Å². The third kappa shape index (κ3) is 2.19. The number of aliphatic hydroxyl groups is 2. The van der Waals surface area contributed by atoms with E-state index in [0.717, 1.165) is 12.0 Å². The molecule has 1 spiro atoms. The molecule has 8 atom stereocenters. The maximum Gasteiger partial charge on any atom is 0.303 e. The first-order valence-electron chi connectivity index (χ1n) is 10.0. The first-order chi connectivity index (χ1) is 13.0. The van der Waals surface area contributed by atoms with E-state index in [2.05, 4.69) is 6.58 Å². The van der Waals surface area contributed by atoms with Gasteiger partial charge >= 0.3 is 5.97 Å². The van der Waals surface area contributed by atoms with Crippen molar-refractivity contribution in [2.45, 2.75) is 65.3 Å². The van der Waals surface area contributed by atoms with Gasteiger partial charge in [0, 0.05) is 29.4 Å². The van der Waals surface area contributed by atoms with Gasteiger partial charge in [0.1, 0.15) is 12.2 Å². The number of carbonyl (C=O) groups excluding carboxylic acids is 3. The van der Waals surface area contributed by atoms with Crippen LogP contribution in [0.2, 0.25) is 0 Å². The van der Waals surface area contributed by atoms with E-state index in [9.17, 15) is 24.6 Å². The van der Waals surface area contributed by atoms with Crippen LogP contribution in [0, 0.1) is 28.6 Å². The molecule has 28 heavy (non-hydrogen) atoms. The Morgan fingerprint density at radius 1 is 1.25 bits per heavy atom. The highest BCUT2D eigenvalue weighted by Gasteiger charge is 2.71. The predicted octanol–water partition coefficient (Wildman–Crippen LogP) is 1.74. The number of hydrogen-bond acceptors (Lipinski definition) is 6. The molecule has 0 amide bonds. The molecule has 0 radical (unpaired) electrons. The summed E-state index contributed by atoms with van der Waals surface area (Å²) in [5.41, 5.74) is -0.828. The summed E-state index contributed by atoms with van der Waals surface area (Å²) in [6, 6.07) is 0. The highest BCUT2D eigenvalue weighted by Crippen LogP contribution is 2.65. The standard InChI is InChI=1S/C22H28O6/c1-9-6-7-21(5)14(11(9)3)16(24)18(28-12(4)23)13-15(21)17(25)20(27)22(19(13)26)8-10(22)2/h9-10,14,16,18,20,24,27H,3,6-8H2,1-2,4-5H3/t9-,10-,14+,16-,18-,20-,21-,22-/m0/s1. The highest BCUT2D eigenvalue weighted by molar-refractivity contribution is 6.19. The number of rotatable bonds is 1. The Bertz CT molecular complexity index is 840. The smallest absolute Gasteiger partial charge is 0.303 e. The highest BCUT2D eigenvalue weighted by atomic mass is 16.6. The van der Waals surface area contributed by atoms with Gasteiger partial charge < -0.3 is 14.9 Å². The van der Waals surface area contributed by atoms with Gasteiger partial charge in [0.2, 0.25) is 0 Å². The Hall–Kier alpha value is -1.79. The SMILES string of the molecule is C=C1[C@@H]2[C@H](O)[C@@H](OC(C)=O)C3=C(C(=O)[C@H](O)[C@]4(C[C@@H]4C)C3=O)[C@@]2(C)CC[C@@H]1C. The van der Waals surface area contributed by atoms with Crippen molar-refractivity contribution in [1.29, 1.82) is 0 Å². The monoisotopic (exact) mass is 388 g/mol. The van der Waals surface area contributed by atoms with E-state index in [1.54, 1.807) is 0 Å². The largest absolute Gasteiger partial charge is 0.455 e. The van der Waals surface area contributed by atoms with Crippen molar-refractivity contribution >= 4 is 17.5 Å². The van der Waals surface area contributed by atoms with Crippen molar-refractivity contribution in [2.75, 3.05) is 0 Å². The van der Waals surface area contributed by atoms with Crippen molar-refractivity contribution in [2.24, 2.45) is 28.6 Å². The fraction of sp³-hybridized carbons (Fsp3) is 0.682. The van der Waals surface area contributed by atoms with E-state index in [0.29, 0.717) is 12.8 Å². The molecule has 6 nitrogen and oxygen atoms in total. The molecule has 2 saturated carbocycles. The number of aliphatic hydroxyl groups excluding tert-OH is 2. The van der Waals surface area contributed by atoms with Crippen LogP contribution in [0.5, 0.6) is 0 Å². The van der Waals surface area contributed by atoms with Gasteiger partial charge in [0.05, 0.1) is 5.41 Å². The molecule has 0 saturated heterocycles. The van der Waals surface area contributed by atoms with Crippen LogP contribution in [0.3, 0.4) is 0 Å². The van der Waals surface area contributed by atoms with Gasteiger partial charge in [-0.2, -0.15) is 0 Å². The Kier molecular flexibility index (Phi) is 4.09. The molecule has 4 rings (SSSR count). The van der Waals surface area contributed by atoms with Crippen LogP contribution >= 0.6 is 0 Å².